The van der Waals surface area contributed by atoms with E-state index in [-0.39, 0.29) is 13.2 Å². The molecular formula is C29H40N4O5. The van der Waals surface area contributed by atoms with E-state index in [9.17, 15) is 9.90 Å². The number of aryl methyl sites for hydroxylation is 3. The lowest BCUT2D eigenvalue weighted by molar-refractivity contribution is -0.124. The van der Waals surface area contributed by atoms with Crippen LogP contribution in [-0.2, 0) is 24.2 Å². The fourth-order valence-corrected chi connectivity index (χ4v) is 4.16. The number of rotatable bonds is 15. The highest BCUT2D eigenvalue weighted by atomic mass is 16.5. The van der Waals surface area contributed by atoms with Crippen molar-refractivity contribution in [3.8, 4) is 28.6 Å². The predicted octanol–water partition coefficient (Wildman–Crippen LogP) is 3.57. The van der Waals surface area contributed by atoms with E-state index in [1.54, 1.807) is 0 Å². The summed E-state index contributed by atoms with van der Waals surface area (Å²) in [7, 11) is 0. The zero-order valence-electron chi connectivity index (χ0n) is 22.8. The van der Waals surface area contributed by atoms with E-state index in [4.69, 9.17) is 19.4 Å². The van der Waals surface area contributed by atoms with Crippen LogP contribution >= 0.6 is 0 Å². The quantitative estimate of drug-likeness (QED) is 0.222. The lowest BCUT2D eigenvalue weighted by Gasteiger charge is -2.17. The van der Waals surface area contributed by atoms with Gasteiger partial charge in [0.05, 0.1) is 0 Å². The molecule has 0 spiro atoms. The number of carbonyl (C=O) groups is 1. The second kappa shape index (κ2) is 14.6. The van der Waals surface area contributed by atoms with Crippen LogP contribution in [0.25, 0.3) is 22.8 Å². The number of nitrogens with one attached hydrogen (secondary N) is 2. The molecule has 1 aromatic heterocycles. The summed E-state index contributed by atoms with van der Waals surface area (Å²) in [6, 6.07) is 10.3. The van der Waals surface area contributed by atoms with Gasteiger partial charge in [-0.25, -0.2) is 0 Å². The molecule has 1 heterocycles. The van der Waals surface area contributed by atoms with Crippen molar-refractivity contribution in [2.24, 2.45) is 0 Å². The molecule has 0 radical (unpaired) electrons. The number of aliphatic hydroxyl groups excluding tert-OH is 2. The van der Waals surface area contributed by atoms with Crippen LogP contribution in [0.5, 0.6) is 5.75 Å². The Hall–Kier alpha value is -3.27. The first-order valence-corrected chi connectivity index (χ1v) is 13.4. The summed E-state index contributed by atoms with van der Waals surface area (Å²) in [5.74, 6) is 1.12. The number of amides is 1. The summed E-state index contributed by atoms with van der Waals surface area (Å²) in [6.07, 6.45) is 3.04. The molecule has 1 unspecified atom stereocenters. The van der Waals surface area contributed by atoms with Crippen molar-refractivity contribution in [2.45, 2.75) is 66.0 Å². The van der Waals surface area contributed by atoms with E-state index < -0.39 is 18.6 Å². The molecule has 0 bridgehead atoms. The second-order valence-electron chi connectivity index (χ2n) is 9.41. The Bertz CT molecular complexity index is 1190. The van der Waals surface area contributed by atoms with Crippen molar-refractivity contribution in [3.05, 3.63) is 52.6 Å². The predicted molar refractivity (Wildman–Crippen MR) is 147 cm³/mol. The van der Waals surface area contributed by atoms with E-state index >= 15 is 0 Å². The average Bonchev–Trinajstić information content (AvgIpc) is 3.43. The fraction of sp³-hybridized carbons (Fsp3) is 0.483. The number of hydrogen-bond donors (Lipinski definition) is 4. The van der Waals surface area contributed by atoms with Crippen molar-refractivity contribution in [3.63, 3.8) is 0 Å². The maximum absolute atomic E-state index is 11.2. The maximum atomic E-state index is 11.2. The average molecular weight is 525 g/mol. The van der Waals surface area contributed by atoms with E-state index in [1.165, 1.54) is 11.1 Å². The molecule has 0 aliphatic rings. The normalized spacial score (nSPS) is 11.9. The van der Waals surface area contributed by atoms with Crippen molar-refractivity contribution in [2.75, 3.05) is 26.3 Å². The molecule has 0 saturated carbocycles. The molecule has 4 N–H and O–H groups in total. The highest BCUT2D eigenvalue weighted by molar-refractivity contribution is 5.76. The minimum atomic E-state index is -0.903. The topological polar surface area (TPSA) is 130 Å². The second-order valence-corrected chi connectivity index (χ2v) is 9.41. The summed E-state index contributed by atoms with van der Waals surface area (Å²) in [6.45, 7) is 9.45. The van der Waals surface area contributed by atoms with E-state index in [0.717, 1.165) is 54.6 Å². The Kier molecular flexibility index (Phi) is 11.3. The summed E-state index contributed by atoms with van der Waals surface area (Å²) >= 11 is 0. The summed E-state index contributed by atoms with van der Waals surface area (Å²) in [5, 5.41) is 29.1. The van der Waals surface area contributed by atoms with Gasteiger partial charge < -0.3 is 30.1 Å². The van der Waals surface area contributed by atoms with Crippen LogP contribution in [0.15, 0.2) is 34.9 Å². The van der Waals surface area contributed by atoms with Crippen LogP contribution in [0.3, 0.4) is 0 Å². The standard InChI is InChI=1S/C29H40N4O5/c1-5-8-9-30-15-21-11-20(6-2)12-24(13-21)29-32-28(33-38-29)23-10-19(4)27(22(7-3)14-23)37-18-25(35)16-31-26(36)17-34/h10-14,25,30,34-35H,5-9,15-18H2,1-4H3,(H,31,36). The maximum Gasteiger partial charge on any atom is 0.258 e. The van der Waals surface area contributed by atoms with Gasteiger partial charge in [0.2, 0.25) is 11.7 Å². The zero-order valence-corrected chi connectivity index (χ0v) is 22.8. The molecule has 9 heteroatoms. The van der Waals surface area contributed by atoms with Gasteiger partial charge in [0.1, 0.15) is 25.1 Å². The van der Waals surface area contributed by atoms with Crippen molar-refractivity contribution in [1.82, 2.24) is 20.8 Å². The SMILES string of the molecule is CCCCNCc1cc(CC)cc(-c2nc(-c3cc(C)c(OCC(O)CNC(=O)CO)c(CC)c3)no2)c1. The summed E-state index contributed by atoms with van der Waals surface area (Å²) in [4.78, 5) is 15.9. The van der Waals surface area contributed by atoms with Gasteiger partial charge in [-0.1, -0.05) is 38.4 Å². The number of carbonyl (C=O) groups excluding carboxylic acids is 1. The molecular weight excluding hydrogens is 484 g/mol. The fourth-order valence-electron chi connectivity index (χ4n) is 4.16. The van der Waals surface area contributed by atoms with Gasteiger partial charge in [0, 0.05) is 24.2 Å². The molecule has 1 atom stereocenters. The van der Waals surface area contributed by atoms with Gasteiger partial charge >= 0.3 is 0 Å². The smallest absolute Gasteiger partial charge is 0.258 e. The third-order valence-corrected chi connectivity index (χ3v) is 6.26. The van der Waals surface area contributed by atoms with Gasteiger partial charge in [-0.05, 0) is 79.3 Å². The molecule has 2 aromatic carbocycles. The van der Waals surface area contributed by atoms with Crippen LogP contribution in [0.1, 0.15) is 55.9 Å². The number of ether oxygens (including phenoxy) is 1. The highest BCUT2D eigenvalue weighted by Crippen LogP contribution is 2.31. The van der Waals surface area contributed by atoms with Gasteiger partial charge in [0.25, 0.3) is 5.89 Å². The number of hydrogen-bond acceptors (Lipinski definition) is 8. The monoisotopic (exact) mass is 524 g/mol. The number of aromatic nitrogens is 2. The Morgan fingerprint density at radius 2 is 1.87 bits per heavy atom. The van der Waals surface area contributed by atoms with Crippen molar-refractivity contribution in [1.29, 1.82) is 0 Å². The molecule has 1 amide bonds. The molecule has 206 valence electrons. The van der Waals surface area contributed by atoms with Crippen LogP contribution < -0.4 is 15.4 Å². The first kappa shape index (κ1) is 29.3. The van der Waals surface area contributed by atoms with Gasteiger partial charge in [-0.2, -0.15) is 4.98 Å². The molecule has 9 nitrogen and oxygen atoms in total. The van der Waals surface area contributed by atoms with Crippen molar-refractivity contribution >= 4 is 5.91 Å². The van der Waals surface area contributed by atoms with E-state index in [2.05, 4.69) is 47.8 Å². The van der Waals surface area contributed by atoms with Gasteiger partial charge in [0.15, 0.2) is 0 Å². The third-order valence-electron chi connectivity index (χ3n) is 6.26. The Morgan fingerprint density at radius 1 is 1.08 bits per heavy atom. The number of nitrogens with zero attached hydrogens (tertiary/aromatic N) is 2. The van der Waals surface area contributed by atoms with E-state index in [1.807, 2.05) is 26.0 Å². The van der Waals surface area contributed by atoms with E-state index in [0.29, 0.717) is 23.9 Å². The molecule has 3 rings (SSSR count). The van der Waals surface area contributed by atoms with Crippen LogP contribution in [0.2, 0.25) is 0 Å². The first-order valence-electron chi connectivity index (χ1n) is 13.4. The molecule has 0 saturated heterocycles. The molecule has 0 fully saturated rings. The lowest BCUT2D eigenvalue weighted by Crippen LogP contribution is -2.36. The molecule has 38 heavy (non-hydrogen) atoms. The Balaban J connectivity index is 1.77. The largest absolute Gasteiger partial charge is 0.490 e. The molecule has 0 aliphatic carbocycles. The molecule has 3 aromatic rings. The van der Waals surface area contributed by atoms with Crippen LogP contribution in [0.4, 0.5) is 0 Å². The van der Waals surface area contributed by atoms with Gasteiger partial charge in [-0.15, -0.1) is 0 Å². The Labute approximate surface area is 224 Å². The summed E-state index contributed by atoms with van der Waals surface area (Å²) < 4.78 is 11.6. The number of aliphatic hydroxyl groups is 2. The minimum Gasteiger partial charge on any atom is -0.490 e. The van der Waals surface area contributed by atoms with Crippen molar-refractivity contribution < 1.29 is 24.3 Å². The summed E-state index contributed by atoms with van der Waals surface area (Å²) in [5.41, 5.74) is 5.98. The number of benzene rings is 2. The Morgan fingerprint density at radius 3 is 2.58 bits per heavy atom. The zero-order chi connectivity index (χ0) is 27.5. The lowest BCUT2D eigenvalue weighted by atomic mass is 10.0. The first-order chi connectivity index (χ1) is 18.4. The van der Waals surface area contributed by atoms with Gasteiger partial charge in [-0.3, -0.25) is 4.79 Å². The van der Waals surface area contributed by atoms with Crippen LogP contribution in [0, 0.1) is 6.92 Å². The minimum absolute atomic E-state index is 0.000627. The molecule has 0 aliphatic heterocycles. The number of unbranched alkanes of at least 4 members (excludes halogenated alkanes) is 1. The van der Waals surface area contributed by atoms with Crippen LogP contribution in [-0.4, -0.2) is 58.7 Å². The highest BCUT2D eigenvalue weighted by Gasteiger charge is 2.17. The third kappa shape index (κ3) is 8.11.